The zero-order valence-corrected chi connectivity index (χ0v) is 25.5. The predicted octanol–water partition coefficient (Wildman–Crippen LogP) is -9.61. The first-order chi connectivity index (χ1) is 22.6. The van der Waals surface area contributed by atoms with Crippen molar-refractivity contribution in [1.82, 2.24) is 5.32 Å². The van der Waals surface area contributed by atoms with E-state index in [4.69, 9.17) is 33.2 Å². The van der Waals surface area contributed by atoms with Crippen molar-refractivity contribution >= 4 is 5.91 Å². The zero-order valence-electron chi connectivity index (χ0n) is 25.5. The molecule has 0 saturated carbocycles. The van der Waals surface area contributed by atoms with E-state index in [2.05, 4.69) is 5.32 Å². The first-order valence-electron chi connectivity index (χ1n) is 15.1. The Morgan fingerprint density at radius 3 is 1.56 bits per heavy atom. The van der Waals surface area contributed by atoms with Crippen molar-refractivity contribution in [3.8, 4) is 0 Å². The first-order valence-corrected chi connectivity index (χ1v) is 15.1. The zero-order chi connectivity index (χ0) is 35.6. The molecule has 20 atom stereocenters. The number of rotatable bonds is 11. The molecule has 280 valence electrons. The summed E-state index contributed by atoms with van der Waals surface area (Å²) in [4.78, 5) is 11.6. The molecule has 0 spiro atoms. The smallest absolute Gasteiger partial charge is 0.217 e. The minimum Gasteiger partial charge on any atom is -0.394 e. The van der Waals surface area contributed by atoms with Gasteiger partial charge in [-0.15, -0.1) is 0 Å². The van der Waals surface area contributed by atoms with Gasteiger partial charge in [-0.25, -0.2) is 0 Å². The third-order valence-corrected chi connectivity index (χ3v) is 8.59. The summed E-state index contributed by atoms with van der Waals surface area (Å²) in [5, 5.41) is 136. The Bertz CT molecular complexity index is 1030. The van der Waals surface area contributed by atoms with Gasteiger partial charge in [0.05, 0.1) is 26.4 Å². The minimum absolute atomic E-state index is 0.656. The van der Waals surface area contributed by atoms with Crippen molar-refractivity contribution in [3.63, 3.8) is 0 Å². The summed E-state index contributed by atoms with van der Waals surface area (Å²) in [5.74, 6) is -0.656. The SMILES string of the molecule is CC(=O)N[C@@H]1[C@@H](O)[C@H](O[C@@H]2O[C@H](CO[C@H]3O[C@H](CO)[C@@H](O)[C@H](O[C@H]4O[C@H](CO)[C@@H](O)[C@H](O)[C@@H]4O)[C@@H]3O)[C@@H](O)[C@H](O)[C@@H]2O)[C@@H](CO)O[C@H]1O. The van der Waals surface area contributed by atoms with Crippen LogP contribution in [-0.2, 0) is 38.0 Å². The standard InChI is InChI=1S/C26H45NO21/c1-6(31)27-11-15(35)21(9(4-30)43-23(11)41)47-26-19(39)17(37)13(33)10(46-26)5-42-24-20(40)22(14(34)8(3-29)44-24)48-25-18(38)16(36)12(32)7(2-28)45-25/h7-26,28-30,32-41H,2-5H2,1H3,(H,27,31)/t7-,8-,9-,10-,11-,12-,13-,14-,15-,16+,17+,18+,19+,20+,21-,22+,23-,24+,25-,26+/m1/s1. The van der Waals surface area contributed by atoms with E-state index in [-0.39, 0.29) is 0 Å². The number of hydrogen-bond donors (Lipinski definition) is 14. The van der Waals surface area contributed by atoms with Crippen LogP contribution in [0.2, 0.25) is 0 Å². The summed E-state index contributed by atoms with van der Waals surface area (Å²) in [5.41, 5.74) is 0. The molecule has 0 radical (unpaired) electrons. The molecule has 0 aromatic heterocycles. The summed E-state index contributed by atoms with van der Waals surface area (Å²) in [6, 6.07) is -1.44. The lowest BCUT2D eigenvalue weighted by atomic mass is 9.95. The van der Waals surface area contributed by atoms with Crippen molar-refractivity contribution in [2.45, 2.75) is 130 Å². The molecule has 4 aliphatic rings. The van der Waals surface area contributed by atoms with Crippen LogP contribution in [0.1, 0.15) is 6.92 Å². The number of nitrogens with one attached hydrogen (secondary N) is 1. The van der Waals surface area contributed by atoms with Crippen molar-refractivity contribution < 1.29 is 104 Å². The highest BCUT2D eigenvalue weighted by atomic mass is 16.8. The van der Waals surface area contributed by atoms with E-state index in [0.717, 1.165) is 6.92 Å². The minimum atomic E-state index is -1.96. The average Bonchev–Trinajstić information content (AvgIpc) is 3.05. The fraction of sp³-hybridized carbons (Fsp3) is 0.962. The molecule has 0 bridgehead atoms. The number of carbonyl (C=O) groups is 1. The lowest BCUT2D eigenvalue weighted by Gasteiger charge is -2.47. The van der Waals surface area contributed by atoms with Gasteiger partial charge >= 0.3 is 0 Å². The molecule has 1 amide bonds. The van der Waals surface area contributed by atoms with Crippen molar-refractivity contribution in [1.29, 1.82) is 0 Å². The van der Waals surface area contributed by atoms with Crippen LogP contribution in [0, 0.1) is 0 Å². The number of hydrogen-bond acceptors (Lipinski definition) is 21. The largest absolute Gasteiger partial charge is 0.394 e. The molecule has 14 N–H and O–H groups in total. The van der Waals surface area contributed by atoms with Crippen LogP contribution in [0.15, 0.2) is 0 Å². The lowest BCUT2D eigenvalue weighted by Crippen LogP contribution is -2.67. The number of aliphatic hydroxyl groups is 13. The predicted molar refractivity (Wildman–Crippen MR) is 145 cm³/mol. The highest BCUT2D eigenvalue weighted by Gasteiger charge is 2.53. The average molecular weight is 708 g/mol. The van der Waals surface area contributed by atoms with Gasteiger partial charge in [0.15, 0.2) is 25.2 Å². The maximum atomic E-state index is 11.6. The van der Waals surface area contributed by atoms with Crippen LogP contribution in [0.3, 0.4) is 0 Å². The second kappa shape index (κ2) is 16.8. The maximum absolute atomic E-state index is 11.6. The third-order valence-electron chi connectivity index (χ3n) is 8.59. The highest BCUT2D eigenvalue weighted by Crippen LogP contribution is 2.32. The summed E-state index contributed by atoms with van der Waals surface area (Å²) in [7, 11) is 0. The van der Waals surface area contributed by atoms with Gasteiger partial charge in [0, 0.05) is 6.92 Å². The fourth-order valence-electron chi connectivity index (χ4n) is 5.84. The van der Waals surface area contributed by atoms with Crippen LogP contribution >= 0.6 is 0 Å². The first kappa shape index (κ1) is 39.5. The Kier molecular flexibility index (Phi) is 13.8. The summed E-state index contributed by atoms with van der Waals surface area (Å²) >= 11 is 0. The third kappa shape index (κ3) is 8.24. The molecule has 0 aromatic rings. The molecule has 22 heteroatoms. The number of aliphatic hydroxyl groups excluding tert-OH is 13. The van der Waals surface area contributed by atoms with Gasteiger partial charge in [-0.2, -0.15) is 0 Å². The van der Waals surface area contributed by atoms with E-state index in [9.17, 15) is 71.2 Å². The van der Waals surface area contributed by atoms with Crippen LogP contribution in [0.25, 0.3) is 0 Å². The van der Waals surface area contributed by atoms with E-state index in [0.29, 0.717) is 0 Å². The van der Waals surface area contributed by atoms with Crippen molar-refractivity contribution in [2.24, 2.45) is 0 Å². The Labute approximate surface area is 272 Å². The second-order valence-electron chi connectivity index (χ2n) is 11.9. The molecule has 4 aliphatic heterocycles. The Balaban J connectivity index is 1.45. The van der Waals surface area contributed by atoms with Gasteiger partial charge in [-0.05, 0) is 0 Å². The molecule has 22 nitrogen and oxygen atoms in total. The Morgan fingerprint density at radius 2 is 1.02 bits per heavy atom. The van der Waals surface area contributed by atoms with Gasteiger partial charge in [0.1, 0.15) is 97.6 Å². The normalized spacial score (nSPS) is 50.2. The molecule has 0 unspecified atom stereocenters. The highest BCUT2D eigenvalue weighted by molar-refractivity contribution is 5.73. The maximum Gasteiger partial charge on any atom is 0.217 e. The van der Waals surface area contributed by atoms with Gasteiger partial charge in [0.2, 0.25) is 5.91 Å². The summed E-state index contributed by atoms with van der Waals surface area (Å²) in [6.45, 7) is -2.10. The van der Waals surface area contributed by atoms with E-state index in [1.54, 1.807) is 0 Å². The van der Waals surface area contributed by atoms with Crippen LogP contribution in [-0.4, -0.2) is 221 Å². The van der Waals surface area contributed by atoms with Crippen molar-refractivity contribution in [3.05, 3.63) is 0 Å². The molecule has 4 rings (SSSR count). The quantitative estimate of drug-likeness (QED) is 0.0947. The molecule has 0 aromatic carbocycles. The van der Waals surface area contributed by atoms with Gasteiger partial charge in [0.25, 0.3) is 0 Å². The molecule has 48 heavy (non-hydrogen) atoms. The van der Waals surface area contributed by atoms with Crippen LogP contribution in [0.4, 0.5) is 0 Å². The molecular formula is C26H45NO21. The fourth-order valence-corrected chi connectivity index (χ4v) is 5.84. The number of amides is 1. The Morgan fingerprint density at radius 1 is 0.542 bits per heavy atom. The molecular weight excluding hydrogens is 662 g/mol. The van der Waals surface area contributed by atoms with Crippen LogP contribution < -0.4 is 5.32 Å². The van der Waals surface area contributed by atoms with Gasteiger partial charge < -0.3 is 105 Å². The van der Waals surface area contributed by atoms with E-state index in [1.807, 2.05) is 0 Å². The molecule has 4 saturated heterocycles. The number of ether oxygens (including phenoxy) is 7. The summed E-state index contributed by atoms with van der Waals surface area (Å²) < 4.78 is 38.1. The van der Waals surface area contributed by atoms with E-state index < -0.39 is 155 Å². The van der Waals surface area contributed by atoms with E-state index >= 15 is 0 Å². The second-order valence-corrected chi connectivity index (χ2v) is 11.9. The Hall–Kier alpha value is -1.33. The topological polar surface area (TPSA) is 357 Å². The van der Waals surface area contributed by atoms with Crippen molar-refractivity contribution in [2.75, 3.05) is 26.4 Å². The monoisotopic (exact) mass is 707 g/mol. The van der Waals surface area contributed by atoms with E-state index in [1.165, 1.54) is 0 Å². The molecule has 0 aliphatic carbocycles. The summed E-state index contributed by atoms with van der Waals surface area (Å²) in [6.07, 6.45) is -33.1. The van der Waals surface area contributed by atoms with Crippen LogP contribution in [0.5, 0.6) is 0 Å². The molecule has 4 fully saturated rings. The lowest BCUT2D eigenvalue weighted by molar-refractivity contribution is -0.369. The number of carbonyl (C=O) groups excluding carboxylic acids is 1. The van der Waals surface area contributed by atoms with Gasteiger partial charge in [-0.3, -0.25) is 4.79 Å². The molecule has 4 heterocycles. The van der Waals surface area contributed by atoms with Gasteiger partial charge in [-0.1, -0.05) is 0 Å².